The summed E-state index contributed by atoms with van der Waals surface area (Å²) in [6.45, 7) is 1.79. The van der Waals surface area contributed by atoms with Crippen LogP contribution in [0.1, 0.15) is 23.7 Å². The molecule has 0 aliphatic heterocycles. The summed E-state index contributed by atoms with van der Waals surface area (Å²) in [5.74, 6) is 0.777. The fourth-order valence-corrected chi connectivity index (χ4v) is 2.85. The molecule has 0 unspecified atom stereocenters. The molecule has 0 radical (unpaired) electrons. The van der Waals surface area contributed by atoms with E-state index in [2.05, 4.69) is 15.6 Å². The normalized spacial score (nSPS) is 10.2. The number of nitrogens with one attached hydrogen (secondary N) is 2. The fraction of sp³-hybridized carbons (Fsp3) is 0.174. The second kappa shape index (κ2) is 9.56. The van der Waals surface area contributed by atoms with Crippen LogP contribution in [-0.4, -0.2) is 31.0 Å². The van der Waals surface area contributed by atoms with Crippen LogP contribution in [0.15, 0.2) is 60.8 Å². The molecule has 2 amide bonds. The summed E-state index contributed by atoms with van der Waals surface area (Å²) in [6, 6.07) is 15.7. The summed E-state index contributed by atoms with van der Waals surface area (Å²) in [5, 5.41) is 5.69. The predicted molar refractivity (Wildman–Crippen MR) is 116 cm³/mol. The van der Waals surface area contributed by atoms with Crippen LogP contribution in [0.5, 0.6) is 11.5 Å². The van der Waals surface area contributed by atoms with Crippen molar-refractivity contribution in [1.29, 1.82) is 0 Å². The highest BCUT2D eigenvalue weighted by Gasteiger charge is 2.13. The van der Waals surface area contributed by atoms with Crippen molar-refractivity contribution in [3.05, 3.63) is 66.4 Å². The Balaban J connectivity index is 1.80. The molecule has 0 saturated carbocycles. The first-order chi connectivity index (χ1) is 14.5. The standard InChI is InChI=1S/C23H23N3O4/c1-4-21(27)25-19-6-5-13-24-22(19)15-7-9-16(10-8-15)23(28)26-18-12-11-17(29-2)14-20(18)30-3/h5-14H,4H2,1-3H3,(H,25,27)(H,26,28). The molecule has 0 aliphatic rings. The van der Waals surface area contributed by atoms with E-state index in [0.717, 1.165) is 5.56 Å². The maximum absolute atomic E-state index is 12.7. The maximum Gasteiger partial charge on any atom is 0.255 e. The number of pyridine rings is 1. The van der Waals surface area contributed by atoms with E-state index in [1.165, 1.54) is 7.11 Å². The minimum Gasteiger partial charge on any atom is -0.497 e. The molecule has 0 spiro atoms. The van der Waals surface area contributed by atoms with Gasteiger partial charge in [-0.3, -0.25) is 14.6 Å². The summed E-state index contributed by atoms with van der Waals surface area (Å²) in [6.07, 6.45) is 2.04. The van der Waals surface area contributed by atoms with Crippen molar-refractivity contribution in [1.82, 2.24) is 4.98 Å². The second-order valence-electron chi connectivity index (χ2n) is 6.40. The van der Waals surface area contributed by atoms with Gasteiger partial charge in [-0.05, 0) is 36.4 Å². The zero-order valence-corrected chi connectivity index (χ0v) is 17.1. The quantitative estimate of drug-likeness (QED) is 0.609. The summed E-state index contributed by atoms with van der Waals surface area (Å²) in [4.78, 5) is 28.8. The van der Waals surface area contributed by atoms with E-state index in [1.54, 1.807) is 74.8 Å². The number of hydrogen-bond acceptors (Lipinski definition) is 5. The lowest BCUT2D eigenvalue weighted by Gasteiger charge is -2.12. The molecule has 7 nitrogen and oxygen atoms in total. The third-order valence-electron chi connectivity index (χ3n) is 4.48. The van der Waals surface area contributed by atoms with Crippen molar-refractivity contribution in [3.8, 4) is 22.8 Å². The van der Waals surface area contributed by atoms with Crippen molar-refractivity contribution < 1.29 is 19.1 Å². The van der Waals surface area contributed by atoms with E-state index in [9.17, 15) is 9.59 Å². The molecule has 154 valence electrons. The van der Waals surface area contributed by atoms with E-state index in [4.69, 9.17) is 9.47 Å². The number of ether oxygens (including phenoxy) is 2. The Bertz CT molecular complexity index is 1050. The van der Waals surface area contributed by atoms with Crippen molar-refractivity contribution in [2.45, 2.75) is 13.3 Å². The van der Waals surface area contributed by atoms with Crippen molar-refractivity contribution >= 4 is 23.2 Å². The van der Waals surface area contributed by atoms with Crippen LogP contribution in [0.25, 0.3) is 11.3 Å². The lowest BCUT2D eigenvalue weighted by Crippen LogP contribution is -2.13. The highest BCUT2D eigenvalue weighted by molar-refractivity contribution is 6.05. The highest BCUT2D eigenvalue weighted by atomic mass is 16.5. The molecule has 0 fully saturated rings. The Hall–Kier alpha value is -3.87. The Kier molecular flexibility index (Phi) is 6.64. The average molecular weight is 405 g/mol. The molecule has 1 aromatic heterocycles. The molecule has 2 N–H and O–H groups in total. The minimum atomic E-state index is -0.273. The molecule has 0 atom stereocenters. The molecule has 7 heteroatoms. The molecule has 3 rings (SSSR count). The molecule has 2 aromatic carbocycles. The van der Waals surface area contributed by atoms with Gasteiger partial charge >= 0.3 is 0 Å². The van der Waals surface area contributed by atoms with Gasteiger partial charge in [0.15, 0.2) is 0 Å². The Morgan fingerprint density at radius 1 is 0.933 bits per heavy atom. The van der Waals surface area contributed by atoms with Crippen LogP contribution < -0.4 is 20.1 Å². The van der Waals surface area contributed by atoms with E-state index >= 15 is 0 Å². The van der Waals surface area contributed by atoms with Gasteiger partial charge in [0.25, 0.3) is 5.91 Å². The number of anilines is 2. The number of hydrogen-bond donors (Lipinski definition) is 2. The van der Waals surface area contributed by atoms with Gasteiger partial charge in [-0.25, -0.2) is 0 Å². The molecular formula is C23H23N3O4. The molecule has 1 heterocycles. The average Bonchev–Trinajstić information content (AvgIpc) is 2.79. The zero-order valence-electron chi connectivity index (χ0n) is 17.1. The van der Waals surface area contributed by atoms with Crippen LogP contribution in [0.4, 0.5) is 11.4 Å². The van der Waals surface area contributed by atoms with E-state index in [0.29, 0.717) is 40.6 Å². The van der Waals surface area contributed by atoms with Gasteiger partial charge < -0.3 is 20.1 Å². The molecule has 0 saturated heterocycles. The highest BCUT2D eigenvalue weighted by Crippen LogP contribution is 2.30. The van der Waals surface area contributed by atoms with Crippen molar-refractivity contribution in [3.63, 3.8) is 0 Å². The second-order valence-corrected chi connectivity index (χ2v) is 6.40. The number of nitrogens with zero attached hydrogens (tertiary/aromatic N) is 1. The van der Waals surface area contributed by atoms with E-state index < -0.39 is 0 Å². The van der Waals surface area contributed by atoms with Gasteiger partial charge in [0.2, 0.25) is 5.91 Å². The lowest BCUT2D eigenvalue weighted by molar-refractivity contribution is -0.115. The first kappa shape index (κ1) is 20.9. The largest absolute Gasteiger partial charge is 0.497 e. The molecule has 3 aromatic rings. The van der Waals surface area contributed by atoms with Gasteiger partial charge in [-0.15, -0.1) is 0 Å². The van der Waals surface area contributed by atoms with Gasteiger partial charge in [0, 0.05) is 29.8 Å². The van der Waals surface area contributed by atoms with Gasteiger partial charge in [-0.2, -0.15) is 0 Å². The monoisotopic (exact) mass is 405 g/mol. The fourth-order valence-electron chi connectivity index (χ4n) is 2.85. The minimum absolute atomic E-state index is 0.0892. The van der Waals surface area contributed by atoms with Crippen molar-refractivity contribution in [2.24, 2.45) is 0 Å². The van der Waals surface area contributed by atoms with Gasteiger partial charge in [0.05, 0.1) is 31.3 Å². The molecule has 30 heavy (non-hydrogen) atoms. The molecule has 0 bridgehead atoms. The van der Waals surface area contributed by atoms with Crippen LogP contribution in [0.3, 0.4) is 0 Å². The van der Waals surface area contributed by atoms with E-state index in [1.807, 2.05) is 0 Å². The van der Waals surface area contributed by atoms with Crippen molar-refractivity contribution in [2.75, 3.05) is 24.9 Å². The number of benzene rings is 2. The van der Waals surface area contributed by atoms with Crippen LogP contribution in [0, 0.1) is 0 Å². The predicted octanol–water partition coefficient (Wildman–Crippen LogP) is 4.37. The molecular weight excluding hydrogens is 382 g/mol. The Morgan fingerprint density at radius 2 is 1.70 bits per heavy atom. The first-order valence-electron chi connectivity index (χ1n) is 9.44. The smallest absolute Gasteiger partial charge is 0.255 e. The number of carbonyl (C=O) groups is 2. The Labute approximate surface area is 175 Å². The zero-order chi connectivity index (χ0) is 21.5. The third-order valence-corrected chi connectivity index (χ3v) is 4.48. The van der Waals surface area contributed by atoms with E-state index in [-0.39, 0.29) is 11.8 Å². The Morgan fingerprint density at radius 3 is 2.37 bits per heavy atom. The van der Waals surface area contributed by atoms with Gasteiger partial charge in [-0.1, -0.05) is 19.1 Å². The SMILES string of the molecule is CCC(=O)Nc1cccnc1-c1ccc(C(=O)Nc2ccc(OC)cc2OC)cc1. The maximum atomic E-state index is 12.7. The summed E-state index contributed by atoms with van der Waals surface area (Å²) in [5.41, 5.74) is 3.08. The molecule has 0 aliphatic carbocycles. The number of methoxy groups -OCH3 is 2. The summed E-state index contributed by atoms with van der Waals surface area (Å²) in [7, 11) is 3.09. The third kappa shape index (κ3) is 4.75. The van der Waals surface area contributed by atoms with Crippen LogP contribution >= 0.6 is 0 Å². The van der Waals surface area contributed by atoms with Crippen LogP contribution in [-0.2, 0) is 4.79 Å². The summed E-state index contributed by atoms with van der Waals surface area (Å²) >= 11 is 0. The first-order valence-corrected chi connectivity index (χ1v) is 9.44. The number of rotatable bonds is 7. The summed E-state index contributed by atoms with van der Waals surface area (Å²) < 4.78 is 10.5. The number of amides is 2. The lowest BCUT2D eigenvalue weighted by atomic mass is 10.1. The topological polar surface area (TPSA) is 89.6 Å². The van der Waals surface area contributed by atoms with Crippen LogP contribution in [0.2, 0.25) is 0 Å². The number of carbonyl (C=O) groups excluding carboxylic acids is 2. The number of aromatic nitrogens is 1. The van der Waals surface area contributed by atoms with Gasteiger partial charge in [0.1, 0.15) is 11.5 Å².